The van der Waals surface area contributed by atoms with Crippen LogP contribution in [0.25, 0.3) is 22.3 Å². The molecule has 0 fully saturated rings. The van der Waals surface area contributed by atoms with Gasteiger partial charge in [0.25, 0.3) is 5.56 Å². The topological polar surface area (TPSA) is 76.9 Å². The molecule has 6 nitrogen and oxygen atoms in total. The quantitative estimate of drug-likeness (QED) is 0.549. The smallest absolute Gasteiger partial charge is 0.269 e. The number of thiazole rings is 1. The Hall–Kier alpha value is -3.03. The Balaban J connectivity index is 1.57. The molecule has 140 valence electrons. The van der Waals surface area contributed by atoms with E-state index >= 15 is 0 Å². The van der Waals surface area contributed by atoms with Gasteiger partial charge in [0.05, 0.1) is 22.9 Å². The monoisotopic (exact) mass is 410 g/mol. The number of carbonyl (C=O) groups excluding carboxylic acids is 1. The average molecular weight is 411 g/mol. The lowest BCUT2D eigenvalue weighted by molar-refractivity contribution is -0.116. The normalized spacial score (nSPS) is 10.9. The first-order valence-electron chi connectivity index (χ1n) is 8.49. The Bertz CT molecular complexity index is 1230. The van der Waals surface area contributed by atoms with Gasteiger partial charge in [0, 0.05) is 15.5 Å². The number of para-hydroxylation sites is 2. The van der Waals surface area contributed by atoms with Gasteiger partial charge in [0.15, 0.2) is 5.13 Å². The van der Waals surface area contributed by atoms with Crippen LogP contribution in [0.15, 0.2) is 59.5 Å². The van der Waals surface area contributed by atoms with Crippen molar-refractivity contribution in [3.05, 3.63) is 75.0 Å². The number of hydrogen-bond donors (Lipinski definition) is 1. The number of benzene rings is 2. The first-order valence-corrected chi connectivity index (χ1v) is 9.68. The van der Waals surface area contributed by atoms with Crippen LogP contribution in [0.1, 0.15) is 4.88 Å². The first-order chi connectivity index (χ1) is 13.5. The summed E-state index contributed by atoms with van der Waals surface area (Å²) >= 11 is 7.32. The number of nitrogens with one attached hydrogen (secondary N) is 1. The fraction of sp³-hybridized carbons (Fsp3) is 0.100. The molecule has 4 rings (SSSR count). The van der Waals surface area contributed by atoms with Crippen molar-refractivity contribution in [2.45, 2.75) is 13.5 Å². The number of nitrogens with zero attached hydrogens (tertiary/aromatic N) is 3. The van der Waals surface area contributed by atoms with Crippen LogP contribution < -0.4 is 10.9 Å². The number of rotatable bonds is 4. The molecule has 0 saturated heterocycles. The molecule has 8 heteroatoms. The second-order valence-electron chi connectivity index (χ2n) is 6.15. The molecule has 2 aromatic heterocycles. The summed E-state index contributed by atoms with van der Waals surface area (Å²) in [7, 11) is 0. The predicted octanol–water partition coefficient (Wildman–Crippen LogP) is 4.12. The van der Waals surface area contributed by atoms with Crippen LogP contribution in [0.3, 0.4) is 0 Å². The predicted molar refractivity (Wildman–Crippen MR) is 112 cm³/mol. The zero-order valence-corrected chi connectivity index (χ0v) is 16.4. The van der Waals surface area contributed by atoms with E-state index in [4.69, 9.17) is 11.6 Å². The number of anilines is 1. The van der Waals surface area contributed by atoms with E-state index in [1.807, 2.05) is 25.1 Å². The highest BCUT2D eigenvalue weighted by Gasteiger charge is 2.14. The van der Waals surface area contributed by atoms with Crippen molar-refractivity contribution in [3.8, 4) is 11.3 Å². The summed E-state index contributed by atoms with van der Waals surface area (Å²) in [6.45, 7) is 1.83. The maximum Gasteiger partial charge on any atom is 0.269 e. The summed E-state index contributed by atoms with van der Waals surface area (Å²) in [5, 5.41) is 3.92. The van der Waals surface area contributed by atoms with Gasteiger partial charge in [-0.05, 0) is 31.2 Å². The third-order valence-electron chi connectivity index (χ3n) is 4.21. The van der Waals surface area contributed by atoms with E-state index in [-0.39, 0.29) is 18.0 Å². The van der Waals surface area contributed by atoms with Crippen molar-refractivity contribution in [1.82, 2.24) is 14.5 Å². The molecular weight excluding hydrogens is 396 g/mol. The number of aromatic nitrogens is 3. The van der Waals surface area contributed by atoms with Crippen LogP contribution in [0.5, 0.6) is 0 Å². The molecular formula is C20H15ClN4O2S. The Morgan fingerprint density at radius 1 is 1.18 bits per heavy atom. The zero-order valence-electron chi connectivity index (χ0n) is 14.8. The third-order valence-corrected chi connectivity index (χ3v) is 5.35. The number of carbonyl (C=O) groups is 1. The van der Waals surface area contributed by atoms with Gasteiger partial charge in [0.1, 0.15) is 6.54 Å². The number of halogens is 1. The van der Waals surface area contributed by atoms with Crippen molar-refractivity contribution in [2.75, 3.05) is 5.32 Å². The number of amides is 1. The molecule has 0 atom stereocenters. The van der Waals surface area contributed by atoms with Crippen LogP contribution in [-0.2, 0) is 11.3 Å². The van der Waals surface area contributed by atoms with E-state index in [2.05, 4.69) is 15.3 Å². The summed E-state index contributed by atoms with van der Waals surface area (Å²) in [6.07, 6.45) is 1.22. The molecule has 28 heavy (non-hydrogen) atoms. The first kappa shape index (κ1) is 18.3. The molecule has 0 radical (unpaired) electrons. The molecule has 2 aromatic carbocycles. The summed E-state index contributed by atoms with van der Waals surface area (Å²) in [5.74, 6) is -0.324. The molecule has 0 bridgehead atoms. The van der Waals surface area contributed by atoms with Crippen molar-refractivity contribution in [1.29, 1.82) is 0 Å². The highest BCUT2D eigenvalue weighted by molar-refractivity contribution is 7.16. The average Bonchev–Trinajstić information content (AvgIpc) is 3.04. The standard InChI is InChI=1S/C20H15ClN4O2S/c1-12-19(13-6-8-14(21)9-7-13)24-20(28-12)23-17(26)11-25-16-5-3-2-4-15(16)22-10-18(25)27/h2-10H,11H2,1H3,(H,23,24,26). The molecule has 0 aliphatic rings. The van der Waals surface area contributed by atoms with Crippen LogP contribution in [0.4, 0.5) is 5.13 Å². The molecule has 0 spiro atoms. The van der Waals surface area contributed by atoms with Crippen LogP contribution in [-0.4, -0.2) is 20.4 Å². The lowest BCUT2D eigenvalue weighted by Crippen LogP contribution is -2.27. The highest BCUT2D eigenvalue weighted by Crippen LogP contribution is 2.31. The number of fused-ring (bicyclic) bond motifs is 1. The minimum Gasteiger partial charge on any atom is -0.300 e. The van der Waals surface area contributed by atoms with Gasteiger partial charge in [-0.3, -0.25) is 14.2 Å². The molecule has 0 aliphatic heterocycles. The largest absolute Gasteiger partial charge is 0.300 e. The lowest BCUT2D eigenvalue weighted by atomic mass is 10.1. The van der Waals surface area contributed by atoms with Crippen LogP contribution >= 0.6 is 22.9 Å². The number of hydrogen-bond acceptors (Lipinski definition) is 5. The van der Waals surface area contributed by atoms with E-state index in [9.17, 15) is 9.59 Å². The Labute approximate surface area is 169 Å². The van der Waals surface area contributed by atoms with E-state index < -0.39 is 0 Å². The van der Waals surface area contributed by atoms with Crippen molar-refractivity contribution in [3.63, 3.8) is 0 Å². The molecule has 4 aromatic rings. The van der Waals surface area contributed by atoms with E-state index in [1.165, 1.54) is 22.1 Å². The summed E-state index contributed by atoms with van der Waals surface area (Å²) < 4.78 is 1.40. The molecule has 0 saturated carbocycles. The summed E-state index contributed by atoms with van der Waals surface area (Å²) in [4.78, 5) is 34.3. The van der Waals surface area contributed by atoms with E-state index in [0.717, 1.165) is 16.1 Å². The Kier molecular flexibility index (Phi) is 4.93. The minimum absolute atomic E-state index is 0.114. The molecule has 2 heterocycles. The van der Waals surface area contributed by atoms with E-state index in [1.54, 1.807) is 30.3 Å². The highest BCUT2D eigenvalue weighted by atomic mass is 35.5. The molecule has 0 unspecified atom stereocenters. The van der Waals surface area contributed by atoms with Crippen molar-refractivity contribution in [2.24, 2.45) is 0 Å². The van der Waals surface area contributed by atoms with Gasteiger partial charge in [-0.2, -0.15) is 0 Å². The van der Waals surface area contributed by atoms with Gasteiger partial charge in [-0.1, -0.05) is 35.9 Å². The summed E-state index contributed by atoms with van der Waals surface area (Å²) in [5.41, 5.74) is 2.66. The van der Waals surface area contributed by atoms with Crippen LogP contribution in [0, 0.1) is 6.92 Å². The zero-order chi connectivity index (χ0) is 19.7. The van der Waals surface area contributed by atoms with Crippen molar-refractivity contribution < 1.29 is 4.79 Å². The van der Waals surface area contributed by atoms with Crippen LogP contribution in [0.2, 0.25) is 5.02 Å². The minimum atomic E-state index is -0.328. The van der Waals surface area contributed by atoms with E-state index in [0.29, 0.717) is 21.2 Å². The van der Waals surface area contributed by atoms with Gasteiger partial charge in [-0.15, -0.1) is 11.3 Å². The third kappa shape index (κ3) is 3.67. The fourth-order valence-corrected chi connectivity index (χ4v) is 3.88. The van der Waals surface area contributed by atoms with Gasteiger partial charge in [-0.25, -0.2) is 9.97 Å². The second kappa shape index (κ2) is 7.53. The van der Waals surface area contributed by atoms with Gasteiger partial charge >= 0.3 is 0 Å². The molecule has 0 aliphatic carbocycles. The van der Waals surface area contributed by atoms with Gasteiger partial charge < -0.3 is 5.32 Å². The Morgan fingerprint density at radius 2 is 1.93 bits per heavy atom. The Morgan fingerprint density at radius 3 is 2.71 bits per heavy atom. The second-order valence-corrected chi connectivity index (χ2v) is 7.79. The maximum atomic E-state index is 12.5. The molecule has 1 N–H and O–H groups in total. The fourth-order valence-electron chi connectivity index (χ4n) is 2.91. The molecule has 1 amide bonds. The van der Waals surface area contributed by atoms with Gasteiger partial charge in [0.2, 0.25) is 5.91 Å². The maximum absolute atomic E-state index is 12.5. The SMILES string of the molecule is Cc1sc(NC(=O)Cn2c(=O)cnc3ccccc32)nc1-c1ccc(Cl)cc1. The van der Waals surface area contributed by atoms with Crippen molar-refractivity contribution >= 4 is 45.0 Å². The summed E-state index contributed by atoms with van der Waals surface area (Å²) in [6, 6.07) is 14.6. The lowest BCUT2D eigenvalue weighted by Gasteiger charge is -2.08. The number of aryl methyl sites for hydroxylation is 1.